The van der Waals surface area contributed by atoms with Gasteiger partial charge in [0.15, 0.2) is 0 Å². The average molecular weight is 178 g/mol. The Hall–Kier alpha value is -0.960. The Kier molecular flexibility index (Phi) is 2.04. The van der Waals surface area contributed by atoms with Crippen LogP contribution in [-0.4, -0.2) is 10.4 Å². The first kappa shape index (κ1) is 7.68. The fourth-order valence-electron chi connectivity index (χ4n) is 1.20. The zero-order valence-corrected chi connectivity index (χ0v) is 7.66. The molecule has 1 aliphatic heterocycles. The number of rotatable bonds is 1. The first-order valence-corrected chi connectivity index (χ1v) is 4.83. The van der Waals surface area contributed by atoms with Crippen LogP contribution in [0.5, 0.6) is 0 Å². The van der Waals surface area contributed by atoms with Gasteiger partial charge in [0, 0.05) is 12.4 Å². The second-order valence-corrected chi connectivity index (χ2v) is 3.87. The summed E-state index contributed by atoms with van der Waals surface area (Å²) in [6.45, 7) is 2.18. The minimum absolute atomic E-state index is 0.495. The highest BCUT2D eigenvalue weighted by Crippen LogP contribution is 2.29. The van der Waals surface area contributed by atoms with Crippen molar-refractivity contribution < 1.29 is 0 Å². The molecule has 2 rings (SSSR count). The summed E-state index contributed by atoms with van der Waals surface area (Å²) in [5, 5.41) is 2.60. The molecule has 1 aromatic heterocycles. The molecule has 0 fully saturated rings. The molecular formula is C9H10N2S. The lowest BCUT2D eigenvalue weighted by atomic mass is 10.4. The van der Waals surface area contributed by atoms with Crippen molar-refractivity contribution in [2.75, 3.05) is 4.90 Å². The molecule has 62 valence electrons. The van der Waals surface area contributed by atoms with Crippen molar-refractivity contribution in [3.05, 3.63) is 36.1 Å². The van der Waals surface area contributed by atoms with Crippen LogP contribution in [0.2, 0.25) is 0 Å². The number of anilines is 1. The van der Waals surface area contributed by atoms with E-state index in [-0.39, 0.29) is 0 Å². The monoisotopic (exact) mass is 178 g/mol. The summed E-state index contributed by atoms with van der Waals surface area (Å²) in [7, 11) is 0. The van der Waals surface area contributed by atoms with E-state index in [0.29, 0.717) is 5.37 Å². The number of thioether (sulfide) groups is 1. The molecule has 1 unspecified atom stereocenters. The second-order valence-electron chi connectivity index (χ2n) is 2.64. The lowest BCUT2D eigenvalue weighted by molar-refractivity contribution is 0.963. The summed E-state index contributed by atoms with van der Waals surface area (Å²) < 4.78 is 0. The largest absolute Gasteiger partial charge is 0.334 e. The van der Waals surface area contributed by atoms with Gasteiger partial charge in [-0.05, 0) is 24.5 Å². The summed E-state index contributed by atoms with van der Waals surface area (Å²) in [6, 6.07) is 4.03. The molecule has 1 aromatic rings. The van der Waals surface area contributed by atoms with Crippen molar-refractivity contribution in [3.63, 3.8) is 0 Å². The van der Waals surface area contributed by atoms with Crippen LogP contribution in [0.15, 0.2) is 36.1 Å². The molecule has 0 bridgehead atoms. The SMILES string of the molecule is CC1SC=CN1c1cccnc1. The molecule has 3 heteroatoms. The quantitative estimate of drug-likeness (QED) is 0.657. The zero-order chi connectivity index (χ0) is 8.39. The van der Waals surface area contributed by atoms with Crippen molar-refractivity contribution in [1.29, 1.82) is 0 Å². The van der Waals surface area contributed by atoms with E-state index in [1.165, 1.54) is 0 Å². The molecule has 1 aliphatic rings. The molecule has 1 atom stereocenters. The Balaban J connectivity index is 2.25. The maximum absolute atomic E-state index is 4.08. The summed E-state index contributed by atoms with van der Waals surface area (Å²) in [5.41, 5.74) is 1.16. The summed E-state index contributed by atoms with van der Waals surface area (Å²) in [5.74, 6) is 0. The topological polar surface area (TPSA) is 16.1 Å². The first-order chi connectivity index (χ1) is 5.88. The number of aromatic nitrogens is 1. The summed E-state index contributed by atoms with van der Waals surface area (Å²) in [4.78, 5) is 6.28. The Bertz CT molecular complexity index is 284. The summed E-state index contributed by atoms with van der Waals surface area (Å²) in [6.07, 6.45) is 5.76. The van der Waals surface area contributed by atoms with E-state index in [1.807, 2.05) is 24.0 Å². The van der Waals surface area contributed by atoms with E-state index in [9.17, 15) is 0 Å². The smallest absolute Gasteiger partial charge is 0.0807 e. The lowest BCUT2D eigenvalue weighted by Crippen LogP contribution is -2.20. The van der Waals surface area contributed by atoms with Gasteiger partial charge < -0.3 is 4.90 Å². The highest BCUT2D eigenvalue weighted by molar-refractivity contribution is 8.03. The van der Waals surface area contributed by atoms with Crippen LogP contribution in [0.1, 0.15) is 6.92 Å². The number of hydrogen-bond acceptors (Lipinski definition) is 3. The van der Waals surface area contributed by atoms with E-state index in [0.717, 1.165) is 5.69 Å². The molecule has 0 amide bonds. The average Bonchev–Trinajstić information content (AvgIpc) is 2.53. The van der Waals surface area contributed by atoms with Crippen molar-refractivity contribution in [2.45, 2.75) is 12.3 Å². The highest BCUT2D eigenvalue weighted by Gasteiger charge is 2.15. The van der Waals surface area contributed by atoms with Gasteiger partial charge in [-0.2, -0.15) is 0 Å². The van der Waals surface area contributed by atoms with Crippen LogP contribution in [0.25, 0.3) is 0 Å². The van der Waals surface area contributed by atoms with Gasteiger partial charge >= 0.3 is 0 Å². The molecule has 12 heavy (non-hydrogen) atoms. The van der Waals surface area contributed by atoms with Crippen molar-refractivity contribution in [2.24, 2.45) is 0 Å². The molecule has 0 spiro atoms. The van der Waals surface area contributed by atoms with Crippen LogP contribution in [0.4, 0.5) is 5.69 Å². The van der Waals surface area contributed by atoms with Gasteiger partial charge in [-0.3, -0.25) is 4.98 Å². The summed E-state index contributed by atoms with van der Waals surface area (Å²) >= 11 is 1.82. The number of pyridine rings is 1. The fraction of sp³-hybridized carbons (Fsp3) is 0.222. The third-order valence-corrected chi connectivity index (χ3v) is 2.73. The molecule has 2 nitrogen and oxygen atoms in total. The van der Waals surface area contributed by atoms with Crippen molar-refractivity contribution >= 4 is 17.4 Å². The van der Waals surface area contributed by atoms with E-state index >= 15 is 0 Å². The zero-order valence-electron chi connectivity index (χ0n) is 6.84. The molecule has 2 heterocycles. The minimum Gasteiger partial charge on any atom is -0.334 e. The third kappa shape index (κ3) is 1.32. The first-order valence-electron chi connectivity index (χ1n) is 3.88. The van der Waals surface area contributed by atoms with Gasteiger partial charge in [0.25, 0.3) is 0 Å². The van der Waals surface area contributed by atoms with E-state index in [1.54, 1.807) is 6.20 Å². The molecule has 0 radical (unpaired) electrons. The maximum atomic E-state index is 4.08. The van der Waals surface area contributed by atoms with E-state index in [2.05, 4.69) is 34.5 Å². The number of hydrogen-bond donors (Lipinski definition) is 0. The lowest BCUT2D eigenvalue weighted by Gasteiger charge is -2.20. The van der Waals surface area contributed by atoms with Gasteiger partial charge in [-0.15, -0.1) is 11.8 Å². The third-order valence-electron chi connectivity index (χ3n) is 1.83. The Morgan fingerprint density at radius 1 is 1.58 bits per heavy atom. The Morgan fingerprint density at radius 2 is 2.50 bits per heavy atom. The number of nitrogens with zero attached hydrogens (tertiary/aromatic N) is 2. The highest BCUT2D eigenvalue weighted by atomic mass is 32.2. The Labute approximate surface area is 76.3 Å². The molecule has 0 aromatic carbocycles. The predicted molar refractivity (Wildman–Crippen MR) is 52.9 cm³/mol. The maximum Gasteiger partial charge on any atom is 0.0807 e. The molecule has 0 aliphatic carbocycles. The van der Waals surface area contributed by atoms with Crippen LogP contribution in [0, 0.1) is 0 Å². The van der Waals surface area contributed by atoms with E-state index in [4.69, 9.17) is 0 Å². The van der Waals surface area contributed by atoms with Crippen LogP contribution >= 0.6 is 11.8 Å². The Morgan fingerprint density at radius 3 is 3.08 bits per heavy atom. The second kappa shape index (κ2) is 3.19. The van der Waals surface area contributed by atoms with Crippen LogP contribution < -0.4 is 4.90 Å². The molecule has 0 N–H and O–H groups in total. The van der Waals surface area contributed by atoms with Gasteiger partial charge in [-0.1, -0.05) is 0 Å². The molecular weight excluding hydrogens is 168 g/mol. The molecule has 0 saturated carbocycles. The van der Waals surface area contributed by atoms with Gasteiger partial charge in [-0.25, -0.2) is 0 Å². The van der Waals surface area contributed by atoms with Crippen molar-refractivity contribution in [1.82, 2.24) is 4.98 Å². The molecule has 0 saturated heterocycles. The minimum atomic E-state index is 0.495. The fourth-order valence-corrected chi connectivity index (χ4v) is 1.96. The standard InChI is InChI=1S/C9H10N2S/c1-8-11(5-6-12-8)9-3-2-4-10-7-9/h2-8H,1H3. The van der Waals surface area contributed by atoms with E-state index < -0.39 is 0 Å². The predicted octanol–water partition coefficient (Wildman–Crippen LogP) is 2.45. The van der Waals surface area contributed by atoms with Gasteiger partial charge in [0.2, 0.25) is 0 Å². The van der Waals surface area contributed by atoms with Crippen LogP contribution in [0.3, 0.4) is 0 Å². The normalized spacial score (nSPS) is 21.8. The van der Waals surface area contributed by atoms with Gasteiger partial charge in [0.05, 0.1) is 17.3 Å². The van der Waals surface area contributed by atoms with Gasteiger partial charge in [0.1, 0.15) is 0 Å². The van der Waals surface area contributed by atoms with Crippen LogP contribution in [-0.2, 0) is 0 Å². The van der Waals surface area contributed by atoms with Crippen molar-refractivity contribution in [3.8, 4) is 0 Å².